The first-order chi connectivity index (χ1) is 35.7. The van der Waals surface area contributed by atoms with Crippen LogP contribution in [0.3, 0.4) is 0 Å². The maximum atomic E-state index is 13.6. The number of halogens is 2. The van der Waals surface area contributed by atoms with Crippen LogP contribution in [0.4, 0.5) is 33.4 Å². The number of carbonyl (C=O) groups excluding carboxylic acids is 4. The zero-order valence-corrected chi connectivity index (χ0v) is 43.7. The summed E-state index contributed by atoms with van der Waals surface area (Å²) in [4.78, 5) is 53.4. The molecule has 16 heteroatoms. The van der Waals surface area contributed by atoms with Crippen LogP contribution in [0.2, 0.25) is 10.0 Å². The Labute approximate surface area is 455 Å². The van der Waals surface area contributed by atoms with Crippen molar-refractivity contribution in [3.05, 3.63) is 234 Å². The van der Waals surface area contributed by atoms with E-state index in [2.05, 4.69) is 38.0 Å². The molecular weight excluding hydrogens is 1020 g/mol. The molecule has 0 fully saturated rings. The summed E-state index contributed by atoms with van der Waals surface area (Å²) < 4.78 is 0. The SMILES string of the molecule is C.CC1=C(C(=O)Nc2ccc(Cl)cc2)C(c2ccccc2)C(C#N)=C(SCC(=O)Nc2cccc(C)c2)N1.CC1=C(C(=O)Nc2ccc(Cl)cc2)C(c2ccccc2)c2c(sc(C(=O)Nc3cccc(C)c3)c2N)N1. The van der Waals surface area contributed by atoms with Gasteiger partial charge in [0.2, 0.25) is 5.91 Å². The Morgan fingerprint density at radius 2 is 1.07 bits per heavy atom. The van der Waals surface area contributed by atoms with Gasteiger partial charge in [0.25, 0.3) is 17.7 Å². The highest BCUT2D eigenvalue weighted by molar-refractivity contribution is 8.03. The molecule has 2 aliphatic rings. The van der Waals surface area contributed by atoms with E-state index < -0.39 is 11.8 Å². The summed E-state index contributed by atoms with van der Waals surface area (Å²) in [5, 5.41) is 30.9. The summed E-state index contributed by atoms with van der Waals surface area (Å²) in [5.74, 6) is -2.02. The van der Waals surface area contributed by atoms with Gasteiger partial charge in [-0.2, -0.15) is 5.26 Å². The average Bonchev–Trinajstić information content (AvgIpc) is 3.72. The van der Waals surface area contributed by atoms with Gasteiger partial charge in [-0.25, -0.2) is 0 Å². The van der Waals surface area contributed by atoms with Gasteiger partial charge in [0.05, 0.1) is 39.0 Å². The Morgan fingerprint density at radius 1 is 0.600 bits per heavy atom. The first-order valence-corrected chi connectivity index (χ1v) is 25.9. The largest absolute Gasteiger partial charge is 0.397 e. The van der Waals surface area contributed by atoms with Crippen molar-refractivity contribution in [1.82, 2.24) is 5.32 Å². The van der Waals surface area contributed by atoms with Crippen LogP contribution < -0.4 is 37.6 Å². The molecule has 4 amide bonds. The third-order valence-corrected chi connectivity index (χ3v) is 14.7. The van der Waals surface area contributed by atoms with E-state index in [1.807, 2.05) is 130 Å². The van der Waals surface area contributed by atoms with Gasteiger partial charge in [0.15, 0.2) is 0 Å². The Bertz CT molecular complexity index is 3410. The van der Waals surface area contributed by atoms with E-state index in [1.54, 1.807) is 55.5 Å². The summed E-state index contributed by atoms with van der Waals surface area (Å²) in [6, 6.07) is 50.4. The van der Waals surface area contributed by atoms with Gasteiger partial charge >= 0.3 is 0 Å². The van der Waals surface area contributed by atoms with Gasteiger partial charge in [-0.05, 0) is 123 Å². The quantitative estimate of drug-likeness (QED) is 0.0624. The number of nitrogens with two attached hydrogens (primary N) is 1. The monoisotopic (exact) mass is 1070 g/mol. The number of thiophene rings is 1. The van der Waals surface area contributed by atoms with E-state index in [4.69, 9.17) is 28.9 Å². The number of hydrogen-bond donors (Lipinski definition) is 7. The lowest BCUT2D eigenvalue weighted by molar-refractivity contribution is -0.114. The number of fused-ring (bicyclic) bond motifs is 1. The number of hydrogen-bond acceptors (Lipinski definition) is 10. The molecule has 0 bridgehead atoms. The summed E-state index contributed by atoms with van der Waals surface area (Å²) in [7, 11) is 0. The highest BCUT2D eigenvalue weighted by Gasteiger charge is 2.38. The van der Waals surface area contributed by atoms with Gasteiger partial charge in [0.1, 0.15) is 4.88 Å². The van der Waals surface area contributed by atoms with Crippen molar-refractivity contribution in [2.45, 2.75) is 47.0 Å². The van der Waals surface area contributed by atoms with Gasteiger partial charge < -0.3 is 37.6 Å². The Balaban J connectivity index is 0.000000216. The lowest BCUT2D eigenvalue weighted by Crippen LogP contribution is -2.31. The van der Waals surface area contributed by atoms with E-state index in [-0.39, 0.29) is 36.8 Å². The van der Waals surface area contributed by atoms with Crippen LogP contribution in [0, 0.1) is 25.2 Å². The number of nitriles is 1. The zero-order valence-electron chi connectivity index (χ0n) is 40.6. The summed E-state index contributed by atoms with van der Waals surface area (Å²) in [5.41, 5.74) is 16.8. The number of benzene rings is 6. The molecule has 2 aliphatic heterocycles. The lowest BCUT2D eigenvalue weighted by atomic mass is 9.81. The van der Waals surface area contributed by atoms with Crippen LogP contribution in [0.15, 0.2) is 191 Å². The first kappa shape index (κ1) is 54.7. The highest BCUT2D eigenvalue weighted by atomic mass is 35.5. The van der Waals surface area contributed by atoms with Crippen LogP contribution in [-0.4, -0.2) is 29.4 Å². The molecule has 3 heterocycles. The fraction of sp³-hybridized carbons (Fsp3) is 0.136. The molecule has 1 aromatic heterocycles. The number of aryl methyl sites for hydroxylation is 2. The van der Waals surface area contributed by atoms with Gasteiger partial charge in [0, 0.05) is 66.8 Å². The highest BCUT2D eigenvalue weighted by Crippen LogP contribution is 2.50. The molecule has 7 aromatic rings. The second kappa shape index (κ2) is 24.8. The maximum Gasteiger partial charge on any atom is 0.267 e. The molecule has 0 radical (unpaired) electrons. The minimum absolute atomic E-state index is 0. The molecule has 2 unspecified atom stereocenters. The Kier molecular flexibility index (Phi) is 18.1. The van der Waals surface area contributed by atoms with Crippen LogP contribution in [0.1, 0.15) is 70.6 Å². The number of rotatable bonds is 12. The van der Waals surface area contributed by atoms with Gasteiger partial charge in [-0.1, -0.05) is 127 Å². The number of anilines is 6. The van der Waals surface area contributed by atoms with Gasteiger partial charge in [-0.3, -0.25) is 19.2 Å². The number of nitrogens with zero attached hydrogens (tertiary/aromatic N) is 1. The minimum atomic E-state index is -0.595. The van der Waals surface area contributed by atoms with Crippen molar-refractivity contribution in [1.29, 1.82) is 5.26 Å². The predicted octanol–water partition coefficient (Wildman–Crippen LogP) is 14.0. The second-order valence-electron chi connectivity index (χ2n) is 17.4. The maximum absolute atomic E-state index is 13.6. The zero-order chi connectivity index (χ0) is 52.5. The van der Waals surface area contributed by atoms with E-state index in [0.29, 0.717) is 70.8 Å². The molecule has 75 heavy (non-hydrogen) atoms. The Hall–Kier alpha value is -8.06. The molecule has 0 saturated carbocycles. The second-order valence-corrected chi connectivity index (χ2v) is 20.3. The van der Waals surface area contributed by atoms with E-state index in [1.165, 1.54) is 23.1 Å². The smallest absolute Gasteiger partial charge is 0.267 e. The lowest BCUT2D eigenvalue weighted by Gasteiger charge is -2.30. The third kappa shape index (κ3) is 13.2. The van der Waals surface area contributed by atoms with Crippen LogP contribution in [0.5, 0.6) is 0 Å². The Morgan fingerprint density at radius 3 is 1.57 bits per heavy atom. The summed E-state index contributed by atoms with van der Waals surface area (Å²) >= 11 is 14.5. The summed E-state index contributed by atoms with van der Waals surface area (Å²) in [6.07, 6.45) is 0. The molecule has 0 spiro atoms. The minimum Gasteiger partial charge on any atom is -0.397 e. The topological polar surface area (TPSA) is 190 Å². The molecule has 12 nitrogen and oxygen atoms in total. The van der Waals surface area contributed by atoms with Gasteiger partial charge in [-0.15, -0.1) is 11.3 Å². The first-order valence-electron chi connectivity index (χ1n) is 23.3. The third-order valence-electron chi connectivity index (χ3n) is 12.0. The number of nitrogens with one attached hydrogen (secondary N) is 6. The number of thioether (sulfide) groups is 1. The average molecular weight is 1070 g/mol. The fourth-order valence-corrected chi connectivity index (χ4v) is 10.9. The molecule has 0 aliphatic carbocycles. The number of nitrogen functional groups attached to an aromatic ring is 1. The van der Waals surface area contributed by atoms with Crippen molar-refractivity contribution >= 4 is 103 Å². The molecule has 0 saturated heterocycles. The normalized spacial score (nSPS) is 14.6. The predicted molar refractivity (Wildman–Crippen MR) is 309 cm³/mol. The van der Waals surface area contributed by atoms with Crippen molar-refractivity contribution in [2.24, 2.45) is 0 Å². The van der Waals surface area contributed by atoms with Crippen molar-refractivity contribution < 1.29 is 19.2 Å². The fourth-order valence-electron chi connectivity index (χ4n) is 8.62. The molecule has 8 N–H and O–H groups in total. The van der Waals surface area contributed by atoms with Crippen molar-refractivity contribution in [3.8, 4) is 6.07 Å². The van der Waals surface area contributed by atoms with E-state index >= 15 is 0 Å². The van der Waals surface area contributed by atoms with Crippen molar-refractivity contribution in [3.63, 3.8) is 0 Å². The van der Waals surface area contributed by atoms with Crippen LogP contribution in [0.25, 0.3) is 0 Å². The summed E-state index contributed by atoms with van der Waals surface area (Å²) in [6.45, 7) is 7.58. The van der Waals surface area contributed by atoms with Crippen LogP contribution in [-0.2, 0) is 14.4 Å². The molecular formula is C59H54Cl2N8O4S2. The molecule has 6 aromatic carbocycles. The number of carbonyl (C=O) groups is 4. The number of amides is 4. The van der Waals surface area contributed by atoms with E-state index in [9.17, 15) is 24.4 Å². The number of dihydropyridines is 1. The molecule has 380 valence electrons. The molecule has 9 rings (SSSR count). The number of allylic oxidation sites excluding steroid dienone is 3. The molecule has 2 atom stereocenters. The van der Waals surface area contributed by atoms with Crippen LogP contribution >= 0.6 is 46.3 Å². The van der Waals surface area contributed by atoms with E-state index in [0.717, 1.165) is 38.5 Å². The van der Waals surface area contributed by atoms with Crippen molar-refractivity contribution in [2.75, 3.05) is 38.1 Å². The standard InChI is InChI=1S/2C29H25ClN4O2S.CH4/c1-16-7-6-10-21(15-16)34-28(36)26-25(31)24-23(18-8-4-3-5-9-18)22(17(2)32-29(24)37-26)27(35)33-20-13-11-19(30)12-14-20;1-18-7-6-10-23(15-18)33-25(35)17-37-29-24(16-31)27(20-8-4-3-5-9-20)26(19(2)32-29)28(36)34-22-13-11-21(30)12-14-22;/h3-15,23,32H,31H2,1-2H3,(H,33,35)(H,34,36);3-15,27,32H,17H2,1-2H3,(H,33,35)(H,34,36);1H4.